The van der Waals surface area contributed by atoms with Crippen LogP contribution in [-0.2, 0) is 10.0 Å². The Morgan fingerprint density at radius 3 is 2.47 bits per heavy atom. The summed E-state index contributed by atoms with van der Waals surface area (Å²) < 4.78 is 63.1. The van der Waals surface area contributed by atoms with Gasteiger partial charge in [0.05, 0.1) is 23.6 Å². The number of halogens is 2. The third-order valence-corrected chi connectivity index (χ3v) is 10.8. The predicted molar refractivity (Wildman–Crippen MR) is 139 cm³/mol. The molecule has 38 heavy (non-hydrogen) atoms. The summed E-state index contributed by atoms with van der Waals surface area (Å²) in [5, 5.41) is 8.43. The van der Waals surface area contributed by atoms with Crippen molar-refractivity contribution in [2.75, 3.05) is 7.11 Å². The number of ether oxygens (including phenoxy) is 1. The Labute approximate surface area is 221 Å². The average molecular weight is 550 g/mol. The molecule has 0 unspecified atom stereocenters. The number of hydrogen-bond donors (Lipinski definition) is 1. The van der Waals surface area contributed by atoms with E-state index in [9.17, 15) is 18.3 Å². The van der Waals surface area contributed by atoms with E-state index in [4.69, 9.17) is 4.74 Å². The normalized spacial score (nSPS) is 30.3. The largest absolute Gasteiger partial charge is 0.481 e. The Bertz CT molecular complexity index is 1360. The minimum atomic E-state index is -4.54. The minimum absolute atomic E-state index is 0.439. The zero-order chi connectivity index (χ0) is 28.3. The van der Waals surface area contributed by atoms with E-state index in [1.165, 1.54) is 14.0 Å². The van der Waals surface area contributed by atoms with E-state index < -0.39 is 62.4 Å². The Balaban J connectivity index is 1.77. The van der Waals surface area contributed by atoms with Crippen LogP contribution >= 0.6 is 0 Å². The molecule has 1 saturated carbocycles. The fourth-order valence-electron chi connectivity index (χ4n) is 6.03. The molecule has 8 nitrogen and oxygen atoms in total. The molecular weight excluding hydrogens is 516 g/mol. The van der Waals surface area contributed by atoms with Crippen LogP contribution in [0.3, 0.4) is 0 Å². The molecule has 1 aliphatic heterocycles. The summed E-state index contributed by atoms with van der Waals surface area (Å²) in [4.78, 5) is 20.9. The Morgan fingerprint density at radius 2 is 1.92 bits per heavy atom. The summed E-state index contributed by atoms with van der Waals surface area (Å²) in [5.41, 5.74) is -0.325. The first kappa shape index (κ1) is 27.9. The molecule has 2 fully saturated rings. The van der Waals surface area contributed by atoms with E-state index in [0.29, 0.717) is 15.9 Å². The van der Waals surface area contributed by atoms with Crippen LogP contribution in [0.2, 0.25) is 0 Å². The van der Waals surface area contributed by atoms with Crippen LogP contribution in [0.1, 0.15) is 46.7 Å². The second kappa shape index (κ2) is 9.29. The molecule has 2 aromatic rings. The van der Waals surface area contributed by atoms with Crippen molar-refractivity contribution in [3.63, 3.8) is 0 Å². The number of carboxylic acid groups (broad SMARTS) is 1. The van der Waals surface area contributed by atoms with Gasteiger partial charge in [-0.1, -0.05) is 39.8 Å². The molecule has 2 aliphatic rings. The molecule has 2 aromatic heterocycles. The van der Waals surface area contributed by atoms with Gasteiger partial charge in [-0.2, -0.15) is 4.31 Å². The quantitative estimate of drug-likeness (QED) is 0.531. The van der Waals surface area contributed by atoms with Crippen LogP contribution in [0.15, 0.2) is 42.7 Å². The number of hydrogen-bond acceptors (Lipinski definition) is 6. The summed E-state index contributed by atoms with van der Waals surface area (Å²) in [6.07, 6.45) is 3.84. The van der Waals surface area contributed by atoms with Gasteiger partial charge in [0.15, 0.2) is 0 Å². The number of aromatic nitrogens is 2. The highest BCUT2D eigenvalue weighted by atomic mass is 32.2. The maximum atomic E-state index is 15.2. The lowest BCUT2D eigenvalue weighted by atomic mass is 9.57. The van der Waals surface area contributed by atoms with Gasteiger partial charge in [0.1, 0.15) is 0 Å². The van der Waals surface area contributed by atoms with Crippen LogP contribution in [0, 0.1) is 23.2 Å². The number of methoxy groups -OCH3 is 1. The summed E-state index contributed by atoms with van der Waals surface area (Å²) >= 11 is 0. The smallest absolute Gasteiger partial charge is 0.421 e. The second-order valence-electron chi connectivity index (χ2n) is 11.3. The van der Waals surface area contributed by atoms with Crippen LogP contribution in [0.4, 0.5) is 13.6 Å². The number of amides is 1. The molecule has 206 valence electrons. The first-order valence-electron chi connectivity index (χ1n) is 12.4. The molecule has 0 bridgehead atoms. The van der Waals surface area contributed by atoms with Crippen LogP contribution in [0.25, 0.3) is 17.2 Å². The number of fused-ring (bicyclic) bond motifs is 1. The molecule has 4 rings (SSSR count). The topological polar surface area (TPSA) is 110 Å². The lowest BCUT2D eigenvalue weighted by Gasteiger charge is -2.51. The van der Waals surface area contributed by atoms with E-state index in [1.54, 1.807) is 70.4 Å². The third kappa shape index (κ3) is 4.24. The molecule has 1 N–H and O–H groups in total. The minimum Gasteiger partial charge on any atom is -0.481 e. The monoisotopic (exact) mass is 549 g/mol. The summed E-state index contributed by atoms with van der Waals surface area (Å²) in [5.74, 6) is -5.89. The lowest BCUT2D eigenvalue weighted by molar-refractivity contribution is -0.125. The van der Waals surface area contributed by atoms with Crippen molar-refractivity contribution in [2.45, 2.75) is 57.8 Å². The van der Waals surface area contributed by atoms with Crippen molar-refractivity contribution < 1.29 is 31.8 Å². The fourth-order valence-corrected chi connectivity index (χ4v) is 8.69. The number of pyridine rings is 2. The van der Waals surface area contributed by atoms with Gasteiger partial charge < -0.3 is 9.84 Å². The Hall–Kier alpha value is -3.08. The van der Waals surface area contributed by atoms with Gasteiger partial charge in [0, 0.05) is 41.8 Å². The average Bonchev–Trinajstić information content (AvgIpc) is 3.01. The van der Waals surface area contributed by atoms with Gasteiger partial charge in [-0.3, -0.25) is 4.98 Å². The molecule has 11 heteroatoms. The van der Waals surface area contributed by atoms with Crippen molar-refractivity contribution in [1.29, 1.82) is 0 Å². The van der Waals surface area contributed by atoms with Gasteiger partial charge >= 0.3 is 6.09 Å². The fraction of sp³-hybridized carbons (Fsp3) is 0.519. The summed E-state index contributed by atoms with van der Waals surface area (Å²) in [6, 6.07) is 7.14. The molecular formula is C27H33F2N3O5S. The van der Waals surface area contributed by atoms with Gasteiger partial charge in [-0.25, -0.2) is 27.0 Å². The highest BCUT2D eigenvalue weighted by Gasteiger charge is 2.72. The van der Waals surface area contributed by atoms with Crippen LogP contribution < -0.4 is 4.74 Å². The number of nitrogens with zero attached hydrogens (tertiary/aromatic N) is 3. The van der Waals surface area contributed by atoms with E-state index in [2.05, 4.69) is 9.97 Å². The molecule has 0 spiro atoms. The van der Waals surface area contributed by atoms with Gasteiger partial charge in [-0.15, -0.1) is 0 Å². The van der Waals surface area contributed by atoms with E-state index >= 15 is 8.78 Å². The van der Waals surface area contributed by atoms with Crippen molar-refractivity contribution in [1.82, 2.24) is 14.3 Å². The molecule has 3 heterocycles. The molecule has 1 amide bonds. The highest BCUT2D eigenvalue weighted by Crippen LogP contribution is 2.61. The summed E-state index contributed by atoms with van der Waals surface area (Å²) in [6.45, 7) is 8.19. The Morgan fingerprint density at radius 1 is 1.24 bits per heavy atom. The first-order valence-corrected chi connectivity index (χ1v) is 13.9. The number of carbonyl (C=O) groups is 1. The lowest BCUT2D eigenvalue weighted by Crippen LogP contribution is -2.60. The second-order valence-corrected chi connectivity index (χ2v) is 13.3. The highest BCUT2D eigenvalue weighted by molar-refractivity contribution is 7.90. The van der Waals surface area contributed by atoms with Crippen molar-refractivity contribution in [3.8, 4) is 17.0 Å². The molecule has 0 aromatic carbocycles. The maximum Gasteiger partial charge on any atom is 0.421 e. The van der Waals surface area contributed by atoms with Crippen LogP contribution in [-0.4, -0.2) is 57.7 Å². The van der Waals surface area contributed by atoms with Gasteiger partial charge in [-0.05, 0) is 42.5 Å². The first-order chi connectivity index (χ1) is 17.6. The summed E-state index contributed by atoms with van der Waals surface area (Å²) in [7, 11) is -3.03. The molecule has 0 radical (unpaired) electrons. The molecule has 1 saturated heterocycles. The Kier molecular flexibility index (Phi) is 6.83. The zero-order valence-electron chi connectivity index (χ0n) is 22.2. The van der Waals surface area contributed by atoms with Crippen molar-refractivity contribution >= 4 is 22.2 Å². The van der Waals surface area contributed by atoms with E-state index in [1.807, 2.05) is 6.07 Å². The van der Waals surface area contributed by atoms with Crippen LogP contribution in [0.5, 0.6) is 5.88 Å². The molecule has 1 aliphatic carbocycles. The number of rotatable bonds is 4. The number of alkyl halides is 2. The van der Waals surface area contributed by atoms with Gasteiger partial charge in [0.25, 0.3) is 5.92 Å². The standard InChI is InChI=1S/C27H33F2N3O5S/c1-16-19(12-11-18-10-9-17(15-31-18)20-8-7-13-30-23(20)37-6)22-21(14-27(16,28)29)38(35,36)32(24(33)34)26(22,5)25(2,3)4/h7-13,15-16,19,21-22H,14H2,1-6H3,(H,33,34)/b12-11+/t16-,19-,21+,22-,26+/m0/s1. The van der Waals surface area contributed by atoms with Crippen molar-refractivity contribution in [2.24, 2.45) is 23.2 Å². The number of sulfonamides is 1. The third-order valence-electron chi connectivity index (χ3n) is 8.48. The molecule has 5 atom stereocenters. The zero-order valence-corrected chi connectivity index (χ0v) is 23.0. The predicted octanol–water partition coefficient (Wildman–Crippen LogP) is 5.57. The SMILES string of the molecule is COc1ncccc1-c1ccc(/C=C/[C@@H]2[C@H]3[C@@H](CC(F)(F)[C@H]2C)S(=O)(=O)N(C(=O)O)[C@@]3(C)C(C)(C)C)nc1. The number of allylic oxidation sites excluding steroid dienone is 1. The van der Waals surface area contributed by atoms with Gasteiger partial charge in [0.2, 0.25) is 15.9 Å². The van der Waals surface area contributed by atoms with E-state index in [-0.39, 0.29) is 0 Å². The van der Waals surface area contributed by atoms with Crippen molar-refractivity contribution in [3.05, 3.63) is 48.4 Å². The van der Waals surface area contributed by atoms with E-state index in [0.717, 1.165) is 11.1 Å². The maximum absolute atomic E-state index is 15.2.